The summed E-state index contributed by atoms with van der Waals surface area (Å²) in [6, 6.07) is 12.2. The van der Waals surface area contributed by atoms with Gasteiger partial charge in [-0.1, -0.05) is 38.5 Å². The predicted molar refractivity (Wildman–Crippen MR) is 108 cm³/mol. The molecule has 2 aromatic carbocycles. The van der Waals surface area contributed by atoms with E-state index < -0.39 is 0 Å². The molecule has 0 spiro atoms. The van der Waals surface area contributed by atoms with E-state index in [4.69, 9.17) is 0 Å². The number of rotatable bonds is 2. The van der Waals surface area contributed by atoms with Gasteiger partial charge in [-0.05, 0) is 61.4 Å². The minimum Gasteiger partial charge on any atom is -0.206 e. The lowest BCUT2D eigenvalue weighted by atomic mass is 9.87. The fourth-order valence-electron chi connectivity index (χ4n) is 3.78. The third-order valence-corrected chi connectivity index (χ3v) is 5.13. The highest BCUT2D eigenvalue weighted by molar-refractivity contribution is 5.79. The highest BCUT2D eigenvalue weighted by atomic mass is 19.1. The number of benzene rings is 2. The summed E-state index contributed by atoms with van der Waals surface area (Å²) in [5, 5.41) is 0.694. The number of aryl methyl sites for hydroxylation is 3. The zero-order valence-electron chi connectivity index (χ0n) is 17.0. The van der Waals surface area contributed by atoms with Gasteiger partial charge in [0.1, 0.15) is 12.9 Å². The van der Waals surface area contributed by atoms with Crippen molar-refractivity contribution < 1.29 is 8.96 Å². The smallest absolute Gasteiger partial charge is 0.206 e. The SMILES string of the molecule is Cc1cc(C)c(C)c(-c2cc(F)c3cc(CC(C)(C)C)ccc3[n+]2C)c1. The average molecular weight is 351 g/mol. The van der Waals surface area contributed by atoms with E-state index >= 15 is 4.39 Å². The zero-order chi connectivity index (χ0) is 19.2. The Balaban J connectivity index is 2.22. The van der Waals surface area contributed by atoms with Crippen LogP contribution < -0.4 is 4.57 Å². The fraction of sp³-hybridized carbons (Fsp3) is 0.375. The molecule has 0 atom stereocenters. The molecule has 1 aromatic heterocycles. The molecule has 0 aliphatic rings. The maximum atomic E-state index is 15.0. The van der Waals surface area contributed by atoms with E-state index in [2.05, 4.69) is 70.4 Å². The first kappa shape index (κ1) is 18.6. The molecule has 0 unspecified atom stereocenters. The molecule has 0 saturated heterocycles. The molecular formula is C24H29FN+. The van der Waals surface area contributed by atoms with Crippen LogP contribution in [0, 0.1) is 32.0 Å². The Kier molecular flexibility index (Phi) is 4.64. The summed E-state index contributed by atoms with van der Waals surface area (Å²) >= 11 is 0. The van der Waals surface area contributed by atoms with Crippen molar-refractivity contribution in [2.24, 2.45) is 12.5 Å². The number of hydrogen-bond acceptors (Lipinski definition) is 0. The molecule has 0 fully saturated rings. The first-order chi connectivity index (χ1) is 12.1. The van der Waals surface area contributed by atoms with E-state index in [9.17, 15) is 0 Å². The van der Waals surface area contributed by atoms with Gasteiger partial charge in [-0.25, -0.2) is 4.39 Å². The normalized spacial score (nSPS) is 12.0. The molecular weight excluding hydrogens is 321 g/mol. The Morgan fingerprint density at radius 3 is 2.31 bits per heavy atom. The summed E-state index contributed by atoms with van der Waals surface area (Å²) in [4.78, 5) is 0. The van der Waals surface area contributed by atoms with Crippen LogP contribution in [0.25, 0.3) is 22.2 Å². The molecule has 0 bridgehead atoms. The molecule has 0 saturated carbocycles. The molecule has 2 heteroatoms. The Morgan fingerprint density at radius 2 is 1.65 bits per heavy atom. The van der Waals surface area contributed by atoms with E-state index in [-0.39, 0.29) is 11.2 Å². The van der Waals surface area contributed by atoms with Crippen molar-refractivity contribution in [1.82, 2.24) is 0 Å². The van der Waals surface area contributed by atoms with Gasteiger partial charge in [-0.15, -0.1) is 0 Å². The van der Waals surface area contributed by atoms with Crippen molar-refractivity contribution in [3.8, 4) is 11.3 Å². The molecule has 0 amide bonds. The van der Waals surface area contributed by atoms with Crippen LogP contribution in [0.2, 0.25) is 0 Å². The van der Waals surface area contributed by atoms with Crippen molar-refractivity contribution in [1.29, 1.82) is 0 Å². The van der Waals surface area contributed by atoms with Gasteiger partial charge >= 0.3 is 0 Å². The van der Waals surface area contributed by atoms with E-state index in [1.165, 1.54) is 22.3 Å². The second-order valence-corrected chi connectivity index (χ2v) is 8.78. The maximum Gasteiger partial charge on any atom is 0.216 e. The highest BCUT2D eigenvalue weighted by Gasteiger charge is 2.21. The van der Waals surface area contributed by atoms with E-state index in [0.717, 1.165) is 23.2 Å². The van der Waals surface area contributed by atoms with Crippen LogP contribution in [0.4, 0.5) is 4.39 Å². The molecule has 1 heterocycles. The van der Waals surface area contributed by atoms with Crippen molar-refractivity contribution >= 4 is 10.9 Å². The molecule has 3 aromatic rings. The molecule has 0 N–H and O–H groups in total. The van der Waals surface area contributed by atoms with E-state index in [0.29, 0.717) is 5.39 Å². The number of aromatic nitrogens is 1. The first-order valence-corrected chi connectivity index (χ1v) is 9.26. The summed E-state index contributed by atoms with van der Waals surface area (Å²) < 4.78 is 17.2. The number of fused-ring (bicyclic) bond motifs is 1. The van der Waals surface area contributed by atoms with Gasteiger partial charge in [-0.2, -0.15) is 4.57 Å². The molecule has 3 rings (SSSR count). The lowest BCUT2D eigenvalue weighted by Gasteiger charge is -2.18. The maximum absolute atomic E-state index is 15.0. The van der Waals surface area contributed by atoms with E-state index in [1.807, 2.05) is 13.1 Å². The molecule has 0 aliphatic carbocycles. The Labute approximate surface area is 156 Å². The minimum atomic E-state index is -0.151. The lowest BCUT2D eigenvalue weighted by molar-refractivity contribution is -0.633. The number of pyridine rings is 1. The number of halogens is 1. The summed E-state index contributed by atoms with van der Waals surface area (Å²) in [5.41, 5.74) is 7.95. The number of hydrogen-bond donors (Lipinski definition) is 0. The Hall–Kier alpha value is -2.22. The quantitative estimate of drug-likeness (QED) is 0.500. The van der Waals surface area contributed by atoms with Crippen molar-refractivity contribution in [3.63, 3.8) is 0 Å². The predicted octanol–water partition coefficient (Wildman–Crippen LogP) is 5.98. The molecule has 26 heavy (non-hydrogen) atoms. The van der Waals surface area contributed by atoms with Crippen molar-refractivity contribution in [3.05, 3.63) is 64.5 Å². The fourth-order valence-corrected chi connectivity index (χ4v) is 3.78. The van der Waals surface area contributed by atoms with Crippen LogP contribution in [0.5, 0.6) is 0 Å². The third-order valence-electron chi connectivity index (χ3n) is 5.13. The molecule has 1 nitrogen and oxygen atoms in total. The van der Waals surface area contributed by atoms with Crippen LogP contribution >= 0.6 is 0 Å². The molecule has 136 valence electrons. The van der Waals surface area contributed by atoms with Gasteiger partial charge in [0.05, 0.1) is 5.39 Å². The summed E-state index contributed by atoms with van der Waals surface area (Å²) in [6.45, 7) is 12.9. The summed E-state index contributed by atoms with van der Waals surface area (Å²) in [6.07, 6.45) is 0.935. The third kappa shape index (κ3) is 3.51. The van der Waals surface area contributed by atoms with Crippen LogP contribution in [0.1, 0.15) is 43.0 Å². The van der Waals surface area contributed by atoms with E-state index in [1.54, 1.807) is 6.07 Å². The number of nitrogens with zero attached hydrogens (tertiary/aromatic N) is 1. The second kappa shape index (κ2) is 6.50. The Bertz CT molecular complexity index is 993. The van der Waals surface area contributed by atoms with Crippen molar-refractivity contribution in [2.75, 3.05) is 0 Å². The monoisotopic (exact) mass is 350 g/mol. The van der Waals surface area contributed by atoms with Crippen LogP contribution in [0.3, 0.4) is 0 Å². The highest BCUT2D eigenvalue weighted by Crippen LogP contribution is 2.29. The van der Waals surface area contributed by atoms with Gasteiger partial charge in [0.25, 0.3) is 0 Å². The minimum absolute atomic E-state index is 0.151. The second-order valence-electron chi connectivity index (χ2n) is 8.78. The summed E-state index contributed by atoms with van der Waals surface area (Å²) in [7, 11) is 2.03. The van der Waals surface area contributed by atoms with Crippen LogP contribution in [-0.2, 0) is 13.5 Å². The largest absolute Gasteiger partial charge is 0.216 e. The molecule has 0 aliphatic heterocycles. The topological polar surface area (TPSA) is 3.88 Å². The standard InChI is InChI=1S/C24H29FN/c1-15-10-16(2)17(3)19(11-15)23-13-21(25)20-12-18(14-24(4,5)6)8-9-22(20)26(23)7/h8-13H,14H2,1-7H3/q+1. The Morgan fingerprint density at radius 1 is 0.962 bits per heavy atom. The van der Waals surface area contributed by atoms with Gasteiger partial charge < -0.3 is 0 Å². The van der Waals surface area contributed by atoms with Gasteiger partial charge in [0.15, 0.2) is 0 Å². The van der Waals surface area contributed by atoms with Gasteiger partial charge in [0, 0.05) is 17.7 Å². The first-order valence-electron chi connectivity index (χ1n) is 9.26. The van der Waals surface area contributed by atoms with Crippen LogP contribution in [-0.4, -0.2) is 0 Å². The summed E-state index contributed by atoms with van der Waals surface area (Å²) in [5.74, 6) is -0.151. The van der Waals surface area contributed by atoms with Crippen LogP contribution in [0.15, 0.2) is 36.4 Å². The van der Waals surface area contributed by atoms with Gasteiger partial charge in [0.2, 0.25) is 11.2 Å². The van der Waals surface area contributed by atoms with Crippen molar-refractivity contribution in [2.45, 2.75) is 48.0 Å². The van der Waals surface area contributed by atoms with Gasteiger partial charge in [-0.3, -0.25) is 0 Å². The lowest BCUT2D eigenvalue weighted by Crippen LogP contribution is -2.33. The zero-order valence-corrected chi connectivity index (χ0v) is 17.0. The average Bonchev–Trinajstić information content (AvgIpc) is 2.53. The molecule has 0 radical (unpaired) electrons.